The summed E-state index contributed by atoms with van der Waals surface area (Å²) in [6.07, 6.45) is 10.1. The summed E-state index contributed by atoms with van der Waals surface area (Å²) >= 11 is 1.57. The van der Waals surface area contributed by atoms with Crippen molar-refractivity contribution < 1.29 is 4.79 Å². The van der Waals surface area contributed by atoms with Gasteiger partial charge < -0.3 is 4.90 Å². The van der Waals surface area contributed by atoms with Crippen molar-refractivity contribution >= 4 is 22.8 Å². The first-order chi connectivity index (χ1) is 9.26. The SMILES string of the molecule is CCc1nc(N2CCC3(CCCC3)CC2)sc1C=O. The van der Waals surface area contributed by atoms with Gasteiger partial charge in [0.25, 0.3) is 0 Å². The molecular weight excluding hydrogens is 256 g/mol. The normalized spacial score (nSPS) is 22.1. The van der Waals surface area contributed by atoms with Crippen molar-refractivity contribution in [2.24, 2.45) is 5.41 Å². The Morgan fingerprint density at radius 3 is 2.47 bits per heavy atom. The quantitative estimate of drug-likeness (QED) is 0.791. The smallest absolute Gasteiger partial charge is 0.186 e. The third-order valence-corrected chi connectivity index (χ3v) is 6.00. The molecule has 1 saturated heterocycles. The van der Waals surface area contributed by atoms with E-state index < -0.39 is 0 Å². The molecule has 19 heavy (non-hydrogen) atoms. The highest BCUT2D eigenvalue weighted by atomic mass is 32.1. The van der Waals surface area contributed by atoms with E-state index >= 15 is 0 Å². The number of anilines is 1. The highest BCUT2D eigenvalue weighted by molar-refractivity contribution is 7.17. The van der Waals surface area contributed by atoms with Crippen molar-refractivity contribution in [3.05, 3.63) is 10.6 Å². The third kappa shape index (κ3) is 2.42. The van der Waals surface area contributed by atoms with Crippen LogP contribution >= 0.6 is 11.3 Å². The molecule has 0 amide bonds. The summed E-state index contributed by atoms with van der Waals surface area (Å²) in [4.78, 5) is 18.9. The molecule has 2 fully saturated rings. The van der Waals surface area contributed by atoms with Crippen LogP contribution in [0.5, 0.6) is 0 Å². The van der Waals surface area contributed by atoms with Crippen LogP contribution in [0.15, 0.2) is 0 Å². The molecule has 1 spiro atoms. The Labute approximate surface area is 119 Å². The van der Waals surface area contributed by atoms with Gasteiger partial charge in [-0.25, -0.2) is 4.98 Å². The fourth-order valence-electron chi connectivity index (χ4n) is 3.63. The minimum atomic E-state index is 0.648. The van der Waals surface area contributed by atoms with Crippen molar-refractivity contribution in [1.82, 2.24) is 4.98 Å². The second kappa shape index (κ2) is 5.23. The Hall–Kier alpha value is -0.900. The van der Waals surface area contributed by atoms with E-state index in [-0.39, 0.29) is 0 Å². The number of rotatable bonds is 3. The van der Waals surface area contributed by atoms with Gasteiger partial charge in [-0.05, 0) is 37.5 Å². The summed E-state index contributed by atoms with van der Waals surface area (Å²) in [5.41, 5.74) is 1.62. The van der Waals surface area contributed by atoms with Crippen molar-refractivity contribution in [2.75, 3.05) is 18.0 Å². The molecule has 1 aromatic heterocycles. The largest absolute Gasteiger partial charge is 0.348 e. The van der Waals surface area contributed by atoms with Crippen LogP contribution in [0.1, 0.15) is 60.8 Å². The lowest BCUT2D eigenvalue weighted by molar-refractivity contribution is 0.112. The number of carbonyl (C=O) groups excluding carboxylic acids is 1. The van der Waals surface area contributed by atoms with Crippen LogP contribution in [0.25, 0.3) is 0 Å². The fraction of sp³-hybridized carbons (Fsp3) is 0.733. The molecule has 0 bridgehead atoms. The summed E-state index contributed by atoms with van der Waals surface area (Å²) in [7, 11) is 0. The number of aromatic nitrogens is 1. The van der Waals surface area contributed by atoms with E-state index in [1.807, 2.05) is 0 Å². The van der Waals surface area contributed by atoms with Gasteiger partial charge in [0.05, 0.1) is 10.6 Å². The summed E-state index contributed by atoms with van der Waals surface area (Å²) in [5.74, 6) is 0. The Balaban J connectivity index is 1.71. The Bertz CT molecular complexity index is 453. The summed E-state index contributed by atoms with van der Waals surface area (Å²) in [6.45, 7) is 4.31. The minimum Gasteiger partial charge on any atom is -0.348 e. The van der Waals surface area contributed by atoms with E-state index in [1.54, 1.807) is 11.3 Å². The highest BCUT2D eigenvalue weighted by Crippen LogP contribution is 2.46. The van der Waals surface area contributed by atoms with Crippen molar-refractivity contribution in [1.29, 1.82) is 0 Å². The number of thiazole rings is 1. The predicted octanol–water partition coefficient (Wildman–Crippen LogP) is 3.68. The lowest BCUT2D eigenvalue weighted by Gasteiger charge is -2.39. The lowest BCUT2D eigenvalue weighted by atomic mass is 9.77. The van der Waals surface area contributed by atoms with E-state index in [0.717, 1.165) is 41.5 Å². The molecule has 1 aromatic rings. The van der Waals surface area contributed by atoms with Gasteiger partial charge in [-0.15, -0.1) is 0 Å². The van der Waals surface area contributed by atoms with Gasteiger partial charge in [-0.1, -0.05) is 31.1 Å². The zero-order valence-electron chi connectivity index (χ0n) is 11.7. The standard InChI is InChI=1S/C15H22N2OS/c1-2-12-13(11-18)19-14(16-12)17-9-7-15(8-10-17)5-3-4-6-15/h11H,2-10H2,1H3. The molecule has 0 radical (unpaired) electrons. The second-order valence-electron chi connectivity index (χ2n) is 5.97. The average molecular weight is 278 g/mol. The molecule has 1 aliphatic heterocycles. The first-order valence-corrected chi connectivity index (χ1v) is 8.28. The molecular formula is C15H22N2OS. The molecule has 104 valence electrons. The minimum absolute atomic E-state index is 0.648. The first-order valence-electron chi connectivity index (χ1n) is 7.46. The van der Waals surface area contributed by atoms with Crippen molar-refractivity contribution in [3.63, 3.8) is 0 Å². The number of carbonyl (C=O) groups is 1. The van der Waals surface area contributed by atoms with Crippen LogP contribution in [0, 0.1) is 5.41 Å². The number of hydrogen-bond donors (Lipinski definition) is 0. The molecule has 4 heteroatoms. The topological polar surface area (TPSA) is 33.2 Å². The predicted molar refractivity (Wildman–Crippen MR) is 79.2 cm³/mol. The van der Waals surface area contributed by atoms with Crippen molar-refractivity contribution in [2.45, 2.75) is 51.9 Å². The molecule has 1 saturated carbocycles. The van der Waals surface area contributed by atoms with Crippen molar-refractivity contribution in [3.8, 4) is 0 Å². The third-order valence-electron chi connectivity index (χ3n) is 4.92. The van der Waals surface area contributed by atoms with E-state index in [2.05, 4.69) is 16.8 Å². The van der Waals surface area contributed by atoms with Crippen LogP contribution in [0.3, 0.4) is 0 Å². The van der Waals surface area contributed by atoms with Crippen LogP contribution in [-0.2, 0) is 6.42 Å². The molecule has 1 aliphatic carbocycles. The Morgan fingerprint density at radius 1 is 1.26 bits per heavy atom. The monoisotopic (exact) mass is 278 g/mol. The highest BCUT2D eigenvalue weighted by Gasteiger charge is 2.37. The zero-order valence-corrected chi connectivity index (χ0v) is 12.5. The first kappa shape index (κ1) is 13.1. The van der Waals surface area contributed by atoms with Gasteiger partial charge in [0.15, 0.2) is 11.4 Å². The molecule has 2 aliphatic rings. The molecule has 0 atom stereocenters. The number of piperidine rings is 1. The maximum atomic E-state index is 11.0. The lowest BCUT2D eigenvalue weighted by Crippen LogP contribution is -2.38. The molecule has 0 unspecified atom stereocenters. The van der Waals surface area contributed by atoms with E-state index in [4.69, 9.17) is 0 Å². The van der Waals surface area contributed by atoms with Gasteiger partial charge >= 0.3 is 0 Å². The number of aldehydes is 1. The molecule has 3 nitrogen and oxygen atoms in total. The van der Waals surface area contributed by atoms with Gasteiger partial charge in [0, 0.05) is 13.1 Å². The van der Waals surface area contributed by atoms with Crippen LogP contribution in [-0.4, -0.2) is 24.4 Å². The Kier molecular flexibility index (Phi) is 3.61. The average Bonchev–Trinajstić information content (AvgIpc) is 3.06. The Morgan fingerprint density at radius 2 is 1.95 bits per heavy atom. The van der Waals surface area contributed by atoms with E-state index in [9.17, 15) is 4.79 Å². The number of nitrogens with zero attached hydrogens (tertiary/aromatic N) is 2. The van der Waals surface area contributed by atoms with E-state index in [0.29, 0.717) is 5.41 Å². The number of aryl methyl sites for hydroxylation is 1. The van der Waals surface area contributed by atoms with E-state index in [1.165, 1.54) is 38.5 Å². The summed E-state index contributed by atoms with van der Waals surface area (Å²) in [6, 6.07) is 0. The summed E-state index contributed by atoms with van der Waals surface area (Å²) < 4.78 is 0. The molecule has 0 aromatic carbocycles. The van der Waals surface area contributed by atoms with Gasteiger partial charge in [-0.2, -0.15) is 0 Å². The van der Waals surface area contributed by atoms with Crippen LogP contribution < -0.4 is 4.90 Å². The van der Waals surface area contributed by atoms with Gasteiger partial charge in [0.1, 0.15) is 0 Å². The molecule has 3 rings (SSSR count). The maximum Gasteiger partial charge on any atom is 0.186 e. The van der Waals surface area contributed by atoms with Crippen LogP contribution in [0.4, 0.5) is 5.13 Å². The second-order valence-corrected chi connectivity index (χ2v) is 6.98. The molecule has 0 N–H and O–H groups in total. The zero-order chi connectivity index (χ0) is 13.3. The van der Waals surface area contributed by atoms with Gasteiger partial charge in [-0.3, -0.25) is 4.79 Å². The summed E-state index contributed by atoms with van der Waals surface area (Å²) in [5, 5.41) is 1.06. The fourth-order valence-corrected chi connectivity index (χ4v) is 4.65. The molecule has 2 heterocycles. The van der Waals surface area contributed by atoms with Gasteiger partial charge in [0.2, 0.25) is 0 Å². The number of hydrogen-bond acceptors (Lipinski definition) is 4. The maximum absolute atomic E-state index is 11.0. The van der Waals surface area contributed by atoms with Crippen LogP contribution in [0.2, 0.25) is 0 Å².